The third kappa shape index (κ3) is 1.89. The molecule has 0 amide bonds. The molecule has 0 spiro atoms. The van der Waals surface area contributed by atoms with E-state index < -0.39 is 0 Å². The summed E-state index contributed by atoms with van der Waals surface area (Å²) >= 11 is 1.27. The fraction of sp³-hybridized carbons (Fsp3) is 0.231. The van der Waals surface area contributed by atoms with Gasteiger partial charge in [0.15, 0.2) is 0 Å². The Kier molecular flexibility index (Phi) is 2.96. The molecule has 0 saturated heterocycles. The van der Waals surface area contributed by atoms with Gasteiger partial charge in [-0.25, -0.2) is 4.98 Å². The van der Waals surface area contributed by atoms with Crippen molar-refractivity contribution in [3.05, 3.63) is 30.0 Å². The Labute approximate surface area is 114 Å². The van der Waals surface area contributed by atoms with Gasteiger partial charge in [0.1, 0.15) is 10.8 Å². The molecule has 98 valence electrons. The van der Waals surface area contributed by atoms with Gasteiger partial charge in [-0.15, -0.1) is 0 Å². The predicted octanol–water partition coefficient (Wildman–Crippen LogP) is 2.04. The normalized spacial score (nSPS) is 11.3. The van der Waals surface area contributed by atoms with Gasteiger partial charge in [0, 0.05) is 6.54 Å². The number of fused-ring (bicyclic) bond motifs is 1. The molecule has 5 nitrogen and oxygen atoms in total. The van der Waals surface area contributed by atoms with Crippen molar-refractivity contribution in [1.29, 1.82) is 0 Å². The average Bonchev–Trinajstić information content (AvgIpc) is 2.92. The minimum absolute atomic E-state index is 0.0594. The first-order valence-electron chi connectivity index (χ1n) is 6.00. The van der Waals surface area contributed by atoms with Crippen molar-refractivity contribution in [2.24, 2.45) is 0 Å². The minimum Gasteiger partial charge on any atom is -0.395 e. The van der Waals surface area contributed by atoms with E-state index in [1.165, 1.54) is 11.5 Å². The Morgan fingerprint density at radius 2 is 2.16 bits per heavy atom. The topological polar surface area (TPSA) is 77.0 Å². The largest absolute Gasteiger partial charge is 0.395 e. The van der Waals surface area contributed by atoms with Crippen LogP contribution in [-0.2, 0) is 6.54 Å². The van der Waals surface area contributed by atoms with Crippen molar-refractivity contribution in [2.75, 3.05) is 12.3 Å². The molecule has 2 heterocycles. The first kappa shape index (κ1) is 12.1. The van der Waals surface area contributed by atoms with E-state index >= 15 is 0 Å². The quantitative estimate of drug-likeness (QED) is 0.766. The number of aliphatic hydroxyl groups is 1. The number of aromatic nitrogens is 3. The number of nitrogens with two attached hydrogens (primary N) is 1. The highest BCUT2D eigenvalue weighted by Crippen LogP contribution is 2.33. The van der Waals surface area contributed by atoms with Crippen LogP contribution < -0.4 is 5.73 Å². The van der Waals surface area contributed by atoms with Gasteiger partial charge < -0.3 is 15.4 Å². The maximum absolute atomic E-state index is 9.27. The highest BCUT2D eigenvalue weighted by molar-refractivity contribution is 7.10. The molecule has 3 N–H and O–H groups in total. The highest BCUT2D eigenvalue weighted by Gasteiger charge is 2.18. The Hall–Kier alpha value is -1.92. The lowest BCUT2D eigenvalue weighted by Gasteiger charge is -2.07. The van der Waals surface area contributed by atoms with E-state index in [-0.39, 0.29) is 6.61 Å². The summed E-state index contributed by atoms with van der Waals surface area (Å²) < 4.78 is 6.25. The van der Waals surface area contributed by atoms with Crippen LogP contribution in [0.1, 0.15) is 5.69 Å². The zero-order valence-electron chi connectivity index (χ0n) is 10.5. The van der Waals surface area contributed by atoms with E-state index in [2.05, 4.69) is 9.36 Å². The fourth-order valence-corrected chi connectivity index (χ4v) is 2.91. The molecule has 0 radical (unpaired) electrons. The molecule has 0 fully saturated rings. The van der Waals surface area contributed by atoms with Gasteiger partial charge >= 0.3 is 0 Å². The number of nitrogen functional groups attached to an aromatic ring is 1. The molecule has 0 saturated carbocycles. The zero-order valence-corrected chi connectivity index (χ0v) is 11.3. The second-order valence-electron chi connectivity index (χ2n) is 4.31. The van der Waals surface area contributed by atoms with Crippen LogP contribution in [0, 0.1) is 6.92 Å². The number of aryl methyl sites for hydroxylation is 1. The lowest BCUT2D eigenvalue weighted by Crippen LogP contribution is -2.05. The molecule has 0 aliphatic heterocycles. The van der Waals surface area contributed by atoms with Crippen LogP contribution in [0.25, 0.3) is 22.4 Å². The smallest absolute Gasteiger partial charge is 0.146 e. The fourth-order valence-electron chi connectivity index (χ4n) is 2.25. The molecule has 0 aliphatic carbocycles. The second-order valence-corrected chi connectivity index (χ2v) is 5.11. The molecule has 19 heavy (non-hydrogen) atoms. The molecule has 3 aromatic rings. The molecule has 6 heteroatoms. The first-order valence-corrected chi connectivity index (χ1v) is 6.78. The summed E-state index contributed by atoms with van der Waals surface area (Å²) in [6.07, 6.45) is 0. The maximum atomic E-state index is 9.27. The number of benzene rings is 1. The molecule has 1 aromatic carbocycles. The number of hydrogen-bond donors (Lipinski definition) is 2. The van der Waals surface area contributed by atoms with E-state index in [4.69, 9.17) is 5.73 Å². The van der Waals surface area contributed by atoms with Crippen molar-refractivity contribution >= 4 is 27.6 Å². The van der Waals surface area contributed by atoms with Crippen LogP contribution in [0.3, 0.4) is 0 Å². The number of nitrogens with zero attached hydrogens (tertiary/aromatic N) is 3. The number of imidazole rings is 1. The van der Waals surface area contributed by atoms with E-state index in [0.717, 1.165) is 28.1 Å². The van der Waals surface area contributed by atoms with E-state index in [9.17, 15) is 5.11 Å². The molecular formula is C13H14N4OS. The first-order chi connectivity index (χ1) is 9.22. The van der Waals surface area contributed by atoms with Gasteiger partial charge in [0.05, 0.1) is 28.9 Å². The molecule has 0 aliphatic rings. The SMILES string of the molecule is Cc1nsc(N)c1-c1nc2ccccc2n1CCO. The van der Waals surface area contributed by atoms with Crippen LogP contribution in [0.15, 0.2) is 24.3 Å². The maximum Gasteiger partial charge on any atom is 0.146 e. The molecule has 0 unspecified atom stereocenters. The summed E-state index contributed by atoms with van der Waals surface area (Å²) in [5.74, 6) is 0.777. The number of para-hydroxylation sites is 2. The van der Waals surface area contributed by atoms with Crippen molar-refractivity contribution in [3.8, 4) is 11.4 Å². The number of hydrogen-bond acceptors (Lipinski definition) is 5. The van der Waals surface area contributed by atoms with Gasteiger partial charge in [0.2, 0.25) is 0 Å². The van der Waals surface area contributed by atoms with Crippen LogP contribution in [0.2, 0.25) is 0 Å². The van der Waals surface area contributed by atoms with E-state index in [1.54, 1.807) is 0 Å². The molecule has 2 aromatic heterocycles. The second kappa shape index (κ2) is 4.64. The summed E-state index contributed by atoms with van der Waals surface area (Å²) in [6, 6.07) is 7.86. The van der Waals surface area contributed by atoms with Crippen LogP contribution in [-0.4, -0.2) is 25.6 Å². The van der Waals surface area contributed by atoms with Gasteiger partial charge in [-0.2, -0.15) is 4.37 Å². The van der Waals surface area contributed by atoms with Gasteiger partial charge in [-0.1, -0.05) is 12.1 Å². The summed E-state index contributed by atoms with van der Waals surface area (Å²) in [7, 11) is 0. The summed E-state index contributed by atoms with van der Waals surface area (Å²) in [6.45, 7) is 2.47. The van der Waals surface area contributed by atoms with Crippen LogP contribution >= 0.6 is 11.5 Å². The molecule has 0 bridgehead atoms. The van der Waals surface area contributed by atoms with Crippen molar-refractivity contribution in [2.45, 2.75) is 13.5 Å². The molecule has 0 atom stereocenters. The van der Waals surface area contributed by atoms with Crippen molar-refractivity contribution in [3.63, 3.8) is 0 Å². The zero-order chi connectivity index (χ0) is 13.4. The third-order valence-electron chi connectivity index (χ3n) is 3.09. The Balaban J connectivity index is 2.31. The monoisotopic (exact) mass is 274 g/mol. The van der Waals surface area contributed by atoms with Crippen molar-refractivity contribution in [1.82, 2.24) is 13.9 Å². The Morgan fingerprint density at radius 1 is 1.37 bits per heavy atom. The van der Waals surface area contributed by atoms with E-state index in [1.807, 2.05) is 35.8 Å². The standard InChI is InChI=1S/C13H14N4OS/c1-8-11(12(14)19-16-8)13-15-9-4-2-3-5-10(9)17(13)6-7-18/h2-5,18H,6-7,14H2,1H3. The lowest BCUT2D eigenvalue weighted by molar-refractivity contribution is 0.278. The lowest BCUT2D eigenvalue weighted by atomic mass is 10.2. The number of anilines is 1. The van der Waals surface area contributed by atoms with Gasteiger partial charge in [0.25, 0.3) is 0 Å². The summed E-state index contributed by atoms with van der Waals surface area (Å²) in [5, 5.41) is 9.92. The van der Waals surface area contributed by atoms with Gasteiger partial charge in [-0.3, -0.25) is 0 Å². The third-order valence-corrected chi connectivity index (χ3v) is 3.86. The molecular weight excluding hydrogens is 260 g/mol. The summed E-state index contributed by atoms with van der Waals surface area (Å²) in [4.78, 5) is 4.63. The summed E-state index contributed by atoms with van der Waals surface area (Å²) in [5.41, 5.74) is 9.64. The number of rotatable bonds is 3. The van der Waals surface area contributed by atoms with E-state index in [0.29, 0.717) is 11.5 Å². The Morgan fingerprint density at radius 3 is 2.84 bits per heavy atom. The minimum atomic E-state index is 0.0594. The highest BCUT2D eigenvalue weighted by atomic mass is 32.1. The average molecular weight is 274 g/mol. The van der Waals surface area contributed by atoms with Crippen LogP contribution in [0.5, 0.6) is 0 Å². The molecule has 3 rings (SSSR count). The number of aliphatic hydroxyl groups excluding tert-OH is 1. The van der Waals surface area contributed by atoms with Crippen LogP contribution in [0.4, 0.5) is 5.00 Å². The van der Waals surface area contributed by atoms with Crippen molar-refractivity contribution < 1.29 is 5.11 Å². The predicted molar refractivity (Wildman–Crippen MR) is 77.1 cm³/mol. The Bertz CT molecular complexity index is 712. The van der Waals surface area contributed by atoms with Gasteiger partial charge in [-0.05, 0) is 30.6 Å².